The number of hydrogen-bond donors (Lipinski definition) is 3. The molecule has 0 heterocycles. The van der Waals surface area contributed by atoms with E-state index in [0.29, 0.717) is 12.2 Å². The zero-order valence-electron chi connectivity index (χ0n) is 11.5. The predicted octanol–water partition coefficient (Wildman–Crippen LogP) is 0.478. The number of carbonyl (C=O) groups excluding carboxylic acids is 1. The van der Waals surface area contributed by atoms with Crippen molar-refractivity contribution in [3.63, 3.8) is 0 Å². The van der Waals surface area contributed by atoms with Gasteiger partial charge in [0, 0.05) is 42.8 Å². The van der Waals surface area contributed by atoms with E-state index in [2.05, 4.69) is 5.32 Å². The highest BCUT2D eigenvalue weighted by Gasteiger charge is 1.98. The van der Waals surface area contributed by atoms with Crippen molar-refractivity contribution in [2.45, 2.75) is 27.2 Å². The van der Waals surface area contributed by atoms with Crippen LogP contribution in [0, 0.1) is 4.91 Å². The molecule has 1 aromatic carbocycles. The Morgan fingerprint density at radius 2 is 1.72 bits per heavy atom. The molecule has 0 spiro atoms. The summed E-state index contributed by atoms with van der Waals surface area (Å²) in [6, 6.07) is 7.16. The minimum atomic E-state index is -0.0251. The van der Waals surface area contributed by atoms with Crippen LogP contribution in [0.4, 0.5) is 5.69 Å². The van der Waals surface area contributed by atoms with Crippen LogP contribution in [0.5, 0.6) is 0 Å². The summed E-state index contributed by atoms with van der Waals surface area (Å²) in [5.74, 6) is -0.0251. The number of benzene rings is 1. The largest absolute Gasteiger partial charge is 0.400 e. The molecule has 0 radical (unpaired) electrons. The predicted molar refractivity (Wildman–Crippen MR) is 72.3 cm³/mol. The van der Waals surface area contributed by atoms with Crippen LogP contribution in [0.1, 0.15) is 26.3 Å². The Morgan fingerprint density at radius 3 is 2.11 bits per heavy atom. The van der Waals surface area contributed by atoms with Crippen molar-refractivity contribution in [1.82, 2.24) is 5.32 Å². The molecule has 0 atom stereocenters. The quantitative estimate of drug-likeness (QED) is 0.732. The molecule has 0 aliphatic carbocycles. The minimum Gasteiger partial charge on any atom is -0.400 e. The highest BCUT2D eigenvalue weighted by Crippen LogP contribution is 2.04. The van der Waals surface area contributed by atoms with Crippen molar-refractivity contribution in [2.24, 2.45) is 0 Å². The van der Waals surface area contributed by atoms with Gasteiger partial charge in [-0.2, -0.15) is 0 Å². The van der Waals surface area contributed by atoms with Crippen molar-refractivity contribution in [3.05, 3.63) is 34.7 Å². The molecule has 0 bridgehead atoms. The Labute approximate surface area is 108 Å². The van der Waals surface area contributed by atoms with Gasteiger partial charge in [0.2, 0.25) is 5.91 Å². The Hall–Kier alpha value is -1.75. The Balaban J connectivity index is 0. The Bertz CT molecular complexity index is 324. The summed E-state index contributed by atoms with van der Waals surface area (Å²) in [7, 11) is 1.00. The van der Waals surface area contributed by atoms with E-state index in [4.69, 9.17) is 5.11 Å². The number of hydrogen-bond acceptors (Lipinski definition) is 3. The number of amides is 1. The molecule has 102 valence electrons. The molecule has 0 aromatic heterocycles. The molecule has 0 aliphatic heterocycles. The summed E-state index contributed by atoms with van der Waals surface area (Å²) >= 11 is 0. The molecule has 0 saturated heterocycles. The van der Waals surface area contributed by atoms with Gasteiger partial charge < -0.3 is 10.4 Å². The monoisotopic (exact) mass is 255 g/mol. The lowest BCUT2D eigenvalue weighted by Crippen LogP contribution is -2.55. The normalized spacial score (nSPS) is 8.06. The highest BCUT2D eigenvalue weighted by atomic mass is 16.3. The lowest BCUT2D eigenvalue weighted by Gasteiger charge is -2.01. The summed E-state index contributed by atoms with van der Waals surface area (Å²) < 4.78 is 0. The smallest absolute Gasteiger partial charge is 0.253 e. The Morgan fingerprint density at radius 1 is 1.22 bits per heavy atom. The van der Waals surface area contributed by atoms with E-state index in [0.717, 1.165) is 19.1 Å². The van der Waals surface area contributed by atoms with Crippen LogP contribution in [0.15, 0.2) is 24.3 Å². The van der Waals surface area contributed by atoms with Gasteiger partial charge >= 0.3 is 0 Å². The van der Waals surface area contributed by atoms with Crippen molar-refractivity contribution in [1.29, 1.82) is 0 Å². The molecular weight excluding hydrogens is 232 g/mol. The third-order valence-corrected chi connectivity index (χ3v) is 1.86. The van der Waals surface area contributed by atoms with E-state index in [1.54, 1.807) is 12.1 Å². The summed E-state index contributed by atoms with van der Waals surface area (Å²) in [5.41, 5.74) is 1.64. The van der Waals surface area contributed by atoms with Crippen LogP contribution < -0.4 is 10.5 Å². The van der Waals surface area contributed by atoms with Crippen molar-refractivity contribution in [2.75, 3.05) is 13.7 Å². The Kier molecular flexibility index (Phi) is 13.8. The van der Waals surface area contributed by atoms with Crippen LogP contribution >= 0.6 is 0 Å². The van der Waals surface area contributed by atoms with Gasteiger partial charge in [-0.1, -0.05) is 26.0 Å². The maximum atomic E-state index is 10.6. The standard InChI is InChI=1S/C10H12N2O2.C2H6.CH4O/c1-8(13)11-7-6-9-2-4-10(12-14)5-3-9;2*1-2/h2-5H,6-7H2,1H3,(H,11,13);1-2H3;2H,1H3/p+1. The van der Waals surface area contributed by atoms with E-state index >= 15 is 0 Å². The fourth-order valence-corrected chi connectivity index (χ4v) is 1.12. The van der Waals surface area contributed by atoms with Crippen LogP contribution in [0.2, 0.25) is 0 Å². The molecule has 0 fully saturated rings. The SMILES string of the molecule is CC.CC(=O)NCCc1ccc([NH+]=O)cc1.CO. The maximum absolute atomic E-state index is 10.6. The van der Waals surface area contributed by atoms with Gasteiger partial charge in [0.15, 0.2) is 0 Å². The lowest BCUT2D eigenvalue weighted by atomic mass is 10.1. The maximum Gasteiger partial charge on any atom is 0.253 e. The number of carbonyl (C=O) groups is 1. The molecule has 5 nitrogen and oxygen atoms in total. The molecule has 1 rings (SSSR count). The summed E-state index contributed by atoms with van der Waals surface area (Å²) in [6.45, 7) is 6.12. The molecule has 0 saturated carbocycles. The number of nitroso groups, excluding NO2 is 1. The van der Waals surface area contributed by atoms with E-state index in [-0.39, 0.29) is 5.91 Å². The first-order valence-electron chi connectivity index (χ1n) is 5.88. The van der Waals surface area contributed by atoms with Gasteiger partial charge in [-0.3, -0.25) is 4.79 Å². The molecular formula is C13H23N2O3+. The number of rotatable bonds is 4. The van der Waals surface area contributed by atoms with Crippen molar-refractivity contribution in [3.8, 4) is 0 Å². The van der Waals surface area contributed by atoms with Gasteiger partial charge in [-0.05, 0) is 12.0 Å². The van der Waals surface area contributed by atoms with E-state index in [1.165, 1.54) is 6.92 Å². The summed E-state index contributed by atoms with van der Waals surface area (Å²) in [6.07, 6.45) is 0.777. The molecule has 1 aromatic rings. The first-order chi connectivity index (χ1) is 8.72. The molecule has 3 N–H and O–H groups in total. The summed E-state index contributed by atoms with van der Waals surface area (Å²) in [5, 5.41) is 11.5. The van der Waals surface area contributed by atoms with Gasteiger partial charge in [0.05, 0.1) is 0 Å². The van der Waals surface area contributed by atoms with Gasteiger partial charge in [-0.15, -0.1) is 0 Å². The van der Waals surface area contributed by atoms with Crippen molar-refractivity contribution < 1.29 is 15.1 Å². The molecule has 0 aliphatic rings. The molecule has 1 amide bonds. The van der Waals surface area contributed by atoms with Gasteiger partial charge in [0.25, 0.3) is 5.69 Å². The summed E-state index contributed by atoms with van der Waals surface area (Å²) in [4.78, 5) is 20.8. The lowest BCUT2D eigenvalue weighted by molar-refractivity contribution is -0.379. The van der Waals surface area contributed by atoms with Crippen molar-refractivity contribution >= 4 is 11.6 Å². The molecule has 18 heavy (non-hydrogen) atoms. The van der Waals surface area contributed by atoms with E-state index < -0.39 is 0 Å². The zero-order valence-corrected chi connectivity index (χ0v) is 11.5. The second-order valence-corrected chi connectivity index (χ2v) is 3.03. The number of aliphatic hydroxyl groups is 1. The number of nitrogens with one attached hydrogen (secondary N) is 2. The second-order valence-electron chi connectivity index (χ2n) is 3.03. The highest BCUT2D eigenvalue weighted by molar-refractivity contribution is 5.72. The van der Waals surface area contributed by atoms with E-state index in [1.807, 2.05) is 31.2 Å². The minimum absolute atomic E-state index is 0.0251. The first kappa shape index (κ1) is 18.6. The van der Waals surface area contributed by atoms with Crippen LogP contribution in [-0.2, 0) is 11.2 Å². The third-order valence-electron chi connectivity index (χ3n) is 1.86. The van der Waals surface area contributed by atoms with Crippen LogP contribution in [0.25, 0.3) is 0 Å². The van der Waals surface area contributed by atoms with E-state index in [9.17, 15) is 9.70 Å². The van der Waals surface area contributed by atoms with Gasteiger partial charge in [0.1, 0.15) is 0 Å². The second kappa shape index (κ2) is 13.3. The number of aliphatic hydroxyl groups excluding tert-OH is 1. The van der Waals surface area contributed by atoms with Crippen LogP contribution in [0.3, 0.4) is 0 Å². The fraction of sp³-hybridized carbons (Fsp3) is 0.462. The van der Waals surface area contributed by atoms with Gasteiger partial charge in [-0.25, -0.2) is 0 Å². The topological polar surface area (TPSA) is 80.4 Å². The molecule has 5 heteroatoms. The molecule has 0 unspecified atom stereocenters. The zero-order chi connectivity index (χ0) is 14.4. The first-order valence-corrected chi connectivity index (χ1v) is 5.88. The average molecular weight is 255 g/mol. The third kappa shape index (κ3) is 9.47. The van der Waals surface area contributed by atoms with Crippen LogP contribution in [-0.4, -0.2) is 24.7 Å². The average Bonchev–Trinajstić information content (AvgIpc) is 2.44. The fourth-order valence-electron chi connectivity index (χ4n) is 1.12.